The molecule has 22 heavy (non-hydrogen) atoms. The minimum absolute atomic E-state index is 0.178. The Morgan fingerprint density at radius 2 is 1.95 bits per heavy atom. The highest BCUT2D eigenvalue weighted by Crippen LogP contribution is 2.26. The van der Waals surface area contributed by atoms with Gasteiger partial charge < -0.3 is 5.32 Å². The number of halogens is 2. The largest absolute Gasteiger partial charge is 0.359 e. The van der Waals surface area contributed by atoms with Crippen LogP contribution in [0.25, 0.3) is 0 Å². The van der Waals surface area contributed by atoms with Crippen molar-refractivity contribution in [1.29, 1.82) is 0 Å². The number of hydrogen-bond acceptors (Lipinski definition) is 3. The van der Waals surface area contributed by atoms with Gasteiger partial charge in [-0.15, -0.1) is 0 Å². The molecule has 0 radical (unpaired) electrons. The lowest BCUT2D eigenvalue weighted by molar-refractivity contribution is -0.120. The Hall–Kier alpha value is -1.18. The number of aryl methyl sites for hydroxylation is 1. The first-order valence-corrected chi connectivity index (χ1v) is 8.55. The molecule has 0 aliphatic heterocycles. The standard InChI is InChI=1S/C14H20ClFN2O3S/c1-9-7-12(10(15)8-11(9)16)22(20,21)18-14(2,3)6-5-13(19)17-4/h7-8,18H,5-6H2,1-4H3,(H,17,19). The Morgan fingerprint density at radius 1 is 1.36 bits per heavy atom. The highest BCUT2D eigenvalue weighted by atomic mass is 35.5. The zero-order valence-corrected chi connectivity index (χ0v) is 14.5. The van der Waals surface area contributed by atoms with Crippen LogP contribution in [0, 0.1) is 12.7 Å². The molecule has 2 N–H and O–H groups in total. The van der Waals surface area contributed by atoms with Gasteiger partial charge in [-0.3, -0.25) is 4.79 Å². The molecule has 0 aliphatic carbocycles. The fourth-order valence-electron chi connectivity index (χ4n) is 1.86. The van der Waals surface area contributed by atoms with Gasteiger partial charge in [0.2, 0.25) is 15.9 Å². The number of sulfonamides is 1. The summed E-state index contributed by atoms with van der Waals surface area (Å²) in [5.41, 5.74) is -0.662. The summed E-state index contributed by atoms with van der Waals surface area (Å²) in [7, 11) is -2.41. The van der Waals surface area contributed by atoms with Gasteiger partial charge in [-0.1, -0.05) is 11.6 Å². The number of amides is 1. The quantitative estimate of drug-likeness (QED) is 0.827. The summed E-state index contributed by atoms with van der Waals surface area (Å²) in [6, 6.07) is 2.16. The SMILES string of the molecule is CNC(=O)CCC(C)(C)NS(=O)(=O)c1cc(C)c(F)cc1Cl. The molecule has 124 valence electrons. The molecule has 0 aromatic heterocycles. The minimum Gasteiger partial charge on any atom is -0.359 e. The van der Waals surface area contributed by atoms with Gasteiger partial charge in [-0.25, -0.2) is 17.5 Å². The summed E-state index contributed by atoms with van der Waals surface area (Å²) in [6.07, 6.45) is 0.492. The number of carbonyl (C=O) groups is 1. The van der Waals surface area contributed by atoms with Crippen molar-refractivity contribution in [2.75, 3.05) is 7.05 Å². The van der Waals surface area contributed by atoms with Crippen molar-refractivity contribution in [2.45, 2.75) is 44.0 Å². The van der Waals surface area contributed by atoms with Gasteiger partial charge in [0.05, 0.1) is 5.02 Å². The second kappa shape index (κ2) is 6.93. The summed E-state index contributed by atoms with van der Waals surface area (Å²) >= 11 is 5.84. The van der Waals surface area contributed by atoms with Crippen molar-refractivity contribution in [3.8, 4) is 0 Å². The monoisotopic (exact) mass is 350 g/mol. The van der Waals surface area contributed by atoms with Crippen molar-refractivity contribution < 1.29 is 17.6 Å². The maximum Gasteiger partial charge on any atom is 0.242 e. The Balaban J connectivity index is 3.00. The lowest BCUT2D eigenvalue weighted by Gasteiger charge is -2.26. The fourth-order valence-corrected chi connectivity index (χ4v) is 3.90. The van der Waals surface area contributed by atoms with E-state index in [0.717, 1.165) is 6.07 Å². The lowest BCUT2D eigenvalue weighted by Crippen LogP contribution is -2.44. The summed E-state index contributed by atoms with van der Waals surface area (Å²) < 4.78 is 40.7. The molecule has 0 heterocycles. The third-order valence-corrected chi connectivity index (χ3v) is 5.33. The third kappa shape index (κ3) is 4.93. The van der Waals surface area contributed by atoms with E-state index in [1.54, 1.807) is 13.8 Å². The predicted octanol–water partition coefficient (Wildman–Crippen LogP) is 2.37. The van der Waals surface area contributed by atoms with E-state index in [2.05, 4.69) is 10.0 Å². The molecule has 1 aromatic carbocycles. The maximum atomic E-state index is 13.4. The van der Waals surface area contributed by atoms with Gasteiger partial charge in [0, 0.05) is 19.0 Å². The van der Waals surface area contributed by atoms with E-state index in [-0.39, 0.29) is 27.8 Å². The Morgan fingerprint density at radius 3 is 2.50 bits per heavy atom. The normalized spacial score (nSPS) is 12.3. The smallest absolute Gasteiger partial charge is 0.242 e. The fraction of sp³-hybridized carbons (Fsp3) is 0.500. The number of carbonyl (C=O) groups excluding carboxylic acids is 1. The number of benzene rings is 1. The van der Waals surface area contributed by atoms with Crippen LogP contribution in [0.1, 0.15) is 32.3 Å². The average Bonchev–Trinajstić information content (AvgIpc) is 2.38. The van der Waals surface area contributed by atoms with Crippen LogP contribution in [-0.4, -0.2) is 26.9 Å². The van der Waals surface area contributed by atoms with Gasteiger partial charge >= 0.3 is 0 Å². The van der Waals surface area contributed by atoms with Gasteiger partial charge in [0.1, 0.15) is 10.7 Å². The number of hydrogen-bond donors (Lipinski definition) is 2. The van der Waals surface area contributed by atoms with Crippen LogP contribution in [0.5, 0.6) is 0 Å². The maximum absolute atomic E-state index is 13.4. The predicted molar refractivity (Wildman–Crippen MR) is 83.8 cm³/mol. The summed E-state index contributed by atoms with van der Waals surface area (Å²) in [5.74, 6) is -0.745. The van der Waals surface area contributed by atoms with Gasteiger partial charge in [0.25, 0.3) is 0 Å². The second-order valence-electron chi connectivity index (χ2n) is 5.69. The van der Waals surface area contributed by atoms with Crippen LogP contribution in [0.4, 0.5) is 4.39 Å². The molecule has 0 saturated heterocycles. The van der Waals surface area contributed by atoms with Crippen LogP contribution in [0.2, 0.25) is 5.02 Å². The number of rotatable bonds is 6. The molecule has 1 aromatic rings. The summed E-state index contributed by atoms with van der Waals surface area (Å²) in [4.78, 5) is 11.1. The first kappa shape index (κ1) is 18.9. The molecule has 8 heteroatoms. The summed E-state index contributed by atoms with van der Waals surface area (Å²) in [6.45, 7) is 4.79. The molecule has 0 unspecified atom stereocenters. The average molecular weight is 351 g/mol. The van der Waals surface area contributed by atoms with Crippen LogP contribution in [-0.2, 0) is 14.8 Å². The van der Waals surface area contributed by atoms with Gasteiger partial charge in [-0.05, 0) is 44.9 Å². The van der Waals surface area contributed by atoms with Crippen molar-refractivity contribution in [3.63, 3.8) is 0 Å². The highest BCUT2D eigenvalue weighted by Gasteiger charge is 2.28. The Bertz CT molecular complexity index is 675. The van der Waals surface area contributed by atoms with E-state index < -0.39 is 21.4 Å². The molecule has 0 aliphatic rings. The molecule has 0 bridgehead atoms. The first-order valence-electron chi connectivity index (χ1n) is 6.69. The third-order valence-electron chi connectivity index (χ3n) is 3.17. The molecule has 0 fully saturated rings. The zero-order valence-electron chi connectivity index (χ0n) is 13.0. The second-order valence-corrected chi connectivity index (χ2v) is 7.75. The van der Waals surface area contributed by atoms with Crippen LogP contribution >= 0.6 is 11.6 Å². The van der Waals surface area contributed by atoms with Gasteiger partial charge in [0.15, 0.2) is 0 Å². The van der Waals surface area contributed by atoms with Crippen LogP contribution in [0.15, 0.2) is 17.0 Å². The van der Waals surface area contributed by atoms with Crippen molar-refractivity contribution in [1.82, 2.24) is 10.0 Å². The molecular formula is C14H20ClFN2O3S. The van der Waals surface area contributed by atoms with Crippen molar-refractivity contribution in [3.05, 3.63) is 28.5 Å². The van der Waals surface area contributed by atoms with E-state index in [4.69, 9.17) is 11.6 Å². The Labute approximate surface area is 135 Å². The molecule has 1 amide bonds. The zero-order chi connectivity index (χ0) is 17.1. The molecular weight excluding hydrogens is 331 g/mol. The number of nitrogens with one attached hydrogen (secondary N) is 2. The molecule has 5 nitrogen and oxygen atoms in total. The van der Waals surface area contributed by atoms with Crippen molar-refractivity contribution >= 4 is 27.5 Å². The van der Waals surface area contributed by atoms with E-state index in [9.17, 15) is 17.6 Å². The minimum atomic E-state index is -3.92. The van der Waals surface area contributed by atoms with E-state index in [1.165, 1.54) is 20.0 Å². The van der Waals surface area contributed by atoms with E-state index in [1.807, 2.05) is 0 Å². The summed E-state index contributed by atoms with van der Waals surface area (Å²) in [5, 5.41) is 2.29. The molecule has 0 spiro atoms. The molecule has 0 atom stereocenters. The van der Waals surface area contributed by atoms with Crippen LogP contribution in [0.3, 0.4) is 0 Å². The first-order chi connectivity index (χ1) is 9.98. The molecule has 0 saturated carbocycles. The van der Waals surface area contributed by atoms with Crippen molar-refractivity contribution in [2.24, 2.45) is 0 Å². The van der Waals surface area contributed by atoms with Gasteiger partial charge in [-0.2, -0.15) is 0 Å². The lowest BCUT2D eigenvalue weighted by atomic mass is 10.00. The Kier molecular flexibility index (Phi) is 5.95. The van der Waals surface area contributed by atoms with Crippen LogP contribution < -0.4 is 10.0 Å². The van der Waals surface area contributed by atoms with E-state index in [0.29, 0.717) is 6.42 Å². The highest BCUT2D eigenvalue weighted by molar-refractivity contribution is 7.89. The molecule has 1 rings (SSSR count). The topological polar surface area (TPSA) is 75.3 Å². The van der Waals surface area contributed by atoms with E-state index >= 15 is 0 Å².